The molecule has 152 valence electrons. The summed E-state index contributed by atoms with van der Waals surface area (Å²) < 4.78 is 1.87. The second kappa shape index (κ2) is 7.87. The van der Waals surface area contributed by atoms with Crippen molar-refractivity contribution in [3.63, 3.8) is 0 Å². The Morgan fingerprint density at radius 1 is 0.968 bits per heavy atom. The standard InChI is InChI=1S/C24H20N6O/c1-16-8-7-11-18(14-16)26-24(31)28-22-23-29-25-15-30(23)20-13-6-5-12-19(20)21(27-22)17-9-3-2-4-10-17/h2-15,22H,1H3,(H2,26,28,31). The molecule has 2 heterocycles. The van der Waals surface area contributed by atoms with Crippen LogP contribution in [0.15, 0.2) is 90.2 Å². The Morgan fingerprint density at radius 2 is 1.77 bits per heavy atom. The normalized spacial score (nSPS) is 14.6. The minimum atomic E-state index is -0.713. The first kappa shape index (κ1) is 18.7. The van der Waals surface area contributed by atoms with Gasteiger partial charge >= 0.3 is 6.03 Å². The number of amides is 2. The minimum Gasteiger partial charge on any atom is -0.309 e. The number of anilines is 1. The predicted molar refractivity (Wildman–Crippen MR) is 120 cm³/mol. The van der Waals surface area contributed by atoms with Crippen LogP contribution in [0.4, 0.5) is 10.5 Å². The first-order valence-corrected chi connectivity index (χ1v) is 9.96. The van der Waals surface area contributed by atoms with Gasteiger partial charge in [0.15, 0.2) is 12.0 Å². The Bertz CT molecular complexity index is 1280. The van der Waals surface area contributed by atoms with Gasteiger partial charge in [-0.15, -0.1) is 10.2 Å². The third kappa shape index (κ3) is 3.69. The molecule has 7 nitrogen and oxygen atoms in total. The molecule has 0 saturated heterocycles. The summed E-state index contributed by atoms with van der Waals surface area (Å²) in [5.41, 5.74) is 5.36. The monoisotopic (exact) mass is 408 g/mol. The molecule has 4 aromatic rings. The van der Waals surface area contributed by atoms with Gasteiger partial charge in [0.2, 0.25) is 0 Å². The lowest BCUT2D eigenvalue weighted by molar-refractivity contribution is 0.248. The molecule has 5 rings (SSSR count). The maximum Gasteiger partial charge on any atom is 0.321 e. The Morgan fingerprint density at radius 3 is 2.61 bits per heavy atom. The van der Waals surface area contributed by atoms with Crippen LogP contribution in [0.2, 0.25) is 0 Å². The molecule has 0 radical (unpaired) electrons. The lowest BCUT2D eigenvalue weighted by Crippen LogP contribution is -2.33. The zero-order chi connectivity index (χ0) is 21.2. The second-order valence-electron chi connectivity index (χ2n) is 7.29. The van der Waals surface area contributed by atoms with Crippen LogP contribution in [0, 0.1) is 6.92 Å². The summed E-state index contributed by atoms with van der Waals surface area (Å²) in [6.07, 6.45) is 0.931. The van der Waals surface area contributed by atoms with E-state index in [2.05, 4.69) is 20.8 Å². The quantitative estimate of drug-likeness (QED) is 0.532. The van der Waals surface area contributed by atoms with Crippen molar-refractivity contribution >= 4 is 17.4 Å². The number of hydrogen-bond donors (Lipinski definition) is 2. The molecule has 2 N–H and O–H groups in total. The Labute approximate surface area is 179 Å². The first-order valence-electron chi connectivity index (χ1n) is 9.96. The molecule has 31 heavy (non-hydrogen) atoms. The van der Waals surface area contributed by atoms with E-state index >= 15 is 0 Å². The third-order valence-electron chi connectivity index (χ3n) is 5.09. The Kier molecular flexibility index (Phi) is 4.76. The summed E-state index contributed by atoms with van der Waals surface area (Å²) in [5.74, 6) is 0.540. The summed E-state index contributed by atoms with van der Waals surface area (Å²) in [4.78, 5) is 17.7. The van der Waals surface area contributed by atoms with E-state index in [1.165, 1.54) is 0 Å². The number of aryl methyl sites for hydroxylation is 1. The molecule has 0 aliphatic carbocycles. The fourth-order valence-corrected chi connectivity index (χ4v) is 3.69. The average molecular weight is 408 g/mol. The van der Waals surface area contributed by atoms with E-state index in [-0.39, 0.29) is 6.03 Å². The fraction of sp³-hybridized carbons (Fsp3) is 0.0833. The van der Waals surface area contributed by atoms with Gasteiger partial charge in [-0.2, -0.15) is 0 Å². The zero-order valence-corrected chi connectivity index (χ0v) is 16.9. The van der Waals surface area contributed by atoms with Crippen LogP contribution in [-0.2, 0) is 0 Å². The number of rotatable bonds is 3. The maximum absolute atomic E-state index is 12.8. The van der Waals surface area contributed by atoms with E-state index in [4.69, 9.17) is 4.99 Å². The van der Waals surface area contributed by atoms with E-state index in [9.17, 15) is 4.79 Å². The van der Waals surface area contributed by atoms with Gasteiger partial charge in [0, 0.05) is 16.8 Å². The van der Waals surface area contributed by atoms with Crippen molar-refractivity contribution < 1.29 is 4.79 Å². The zero-order valence-electron chi connectivity index (χ0n) is 16.9. The van der Waals surface area contributed by atoms with Crippen molar-refractivity contribution in [3.05, 3.63) is 108 Å². The minimum absolute atomic E-state index is 0.368. The van der Waals surface area contributed by atoms with E-state index in [1.54, 1.807) is 6.33 Å². The van der Waals surface area contributed by atoms with Gasteiger partial charge in [0.05, 0.1) is 11.4 Å². The molecular formula is C24H20N6O. The number of carbonyl (C=O) groups excluding carboxylic acids is 1. The maximum atomic E-state index is 12.8. The van der Waals surface area contributed by atoms with Crippen LogP contribution >= 0.6 is 0 Å². The highest BCUT2D eigenvalue weighted by Crippen LogP contribution is 2.28. The topological polar surface area (TPSA) is 84.2 Å². The van der Waals surface area contributed by atoms with E-state index < -0.39 is 6.17 Å². The van der Waals surface area contributed by atoms with E-state index in [0.717, 1.165) is 28.1 Å². The molecule has 1 aromatic heterocycles. The van der Waals surface area contributed by atoms with Crippen LogP contribution in [0.1, 0.15) is 28.7 Å². The summed E-state index contributed by atoms with van der Waals surface area (Å²) in [6, 6.07) is 25.1. The number of hydrogen-bond acceptors (Lipinski definition) is 4. The Balaban J connectivity index is 1.55. The lowest BCUT2D eigenvalue weighted by atomic mass is 10.0. The van der Waals surface area contributed by atoms with Crippen molar-refractivity contribution in [2.45, 2.75) is 13.1 Å². The molecule has 0 fully saturated rings. The molecular weight excluding hydrogens is 388 g/mol. The molecule has 1 atom stereocenters. The van der Waals surface area contributed by atoms with Crippen LogP contribution in [0.25, 0.3) is 5.69 Å². The van der Waals surface area contributed by atoms with Gasteiger partial charge in [-0.05, 0) is 30.7 Å². The van der Waals surface area contributed by atoms with Crippen LogP contribution < -0.4 is 10.6 Å². The smallest absolute Gasteiger partial charge is 0.309 e. The highest BCUT2D eigenvalue weighted by Gasteiger charge is 2.27. The van der Waals surface area contributed by atoms with Gasteiger partial charge in [-0.3, -0.25) is 9.56 Å². The number of fused-ring (bicyclic) bond motifs is 3. The van der Waals surface area contributed by atoms with E-state index in [0.29, 0.717) is 11.5 Å². The van der Waals surface area contributed by atoms with Gasteiger partial charge in [-0.25, -0.2) is 4.79 Å². The number of urea groups is 1. The van der Waals surface area contributed by atoms with E-state index in [1.807, 2.05) is 90.4 Å². The van der Waals surface area contributed by atoms with Crippen LogP contribution in [0.5, 0.6) is 0 Å². The van der Waals surface area contributed by atoms with Gasteiger partial charge in [0.25, 0.3) is 0 Å². The molecule has 1 aliphatic heterocycles. The summed E-state index contributed by atoms with van der Waals surface area (Å²) in [5, 5.41) is 14.1. The highest BCUT2D eigenvalue weighted by molar-refractivity contribution is 6.15. The summed E-state index contributed by atoms with van der Waals surface area (Å²) in [6.45, 7) is 1.98. The van der Waals surface area contributed by atoms with Crippen molar-refractivity contribution in [2.75, 3.05) is 5.32 Å². The van der Waals surface area contributed by atoms with Crippen LogP contribution in [-0.4, -0.2) is 26.5 Å². The number of para-hydroxylation sites is 1. The van der Waals surface area contributed by atoms with Crippen molar-refractivity contribution in [1.29, 1.82) is 0 Å². The van der Waals surface area contributed by atoms with Crippen molar-refractivity contribution in [3.8, 4) is 5.69 Å². The molecule has 0 saturated carbocycles. The number of aliphatic imine (C=N–C) groups is 1. The Hall–Kier alpha value is -4.26. The summed E-state index contributed by atoms with van der Waals surface area (Å²) in [7, 11) is 0. The number of carbonyl (C=O) groups is 1. The average Bonchev–Trinajstić information content (AvgIpc) is 3.23. The summed E-state index contributed by atoms with van der Waals surface area (Å²) >= 11 is 0. The van der Waals surface area contributed by atoms with Crippen molar-refractivity contribution in [1.82, 2.24) is 20.1 Å². The SMILES string of the molecule is Cc1cccc(NC(=O)NC2N=C(c3ccccc3)c3ccccc3-n3cnnc32)c1. The molecule has 0 spiro atoms. The first-order chi connectivity index (χ1) is 15.2. The fourth-order valence-electron chi connectivity index (χ4n) is 3.69. The molecule has 1 unspecified atom stereocenters. The molecule has 2 amide bonds. The number of nitrogens with one attached hydrogen (secondary N) is 2. The van der Waals surface area contributed by atoms with Gasteiger partial charge in [-0.1, -0.05) is 60.7 Å². The number of nitrogens with zero attached hydrogens (tertiary/aromatic N) is 4. The highest BCUT2D eigenvalue weighted by atomic mass is 16.2. The number of aromatic nitrogens is 3. The molecule has 3 aromatic carbocycles. The third-order valence-corrected chi connectivity index (χ3v) is 5.09. The lowest BCUT2D eigenvalue weighted by Gasteiger charge is -2.15. The number of benzene rings is 3. The molecule has 1 aliphatic rings. The van der Waals surface area contributed by atoms with Crippen molar-refractivity contribution in [2.24, 2.45) is 4.99 Å². The predicted octanol–water partition coefficient (Wildman–Crippen LogP) is 4.25. The van der Waals surface area contributed by atoms with Crippen LogP contribution in [0.3, 0.4) is 0 Å². The molecule has 7 heteroatoms. The van der Waals surface area contributed by atoms with Gasteiger partial charge < -0.3 is 10.6 Å². The van der Waals surface area contributed by atoms with Gasteiger partial charge in [0.1, 0.15) is 6.33 Å². The molecule has 0 bridgehead atoms. The largest absolute Gasteiger partial charge is 0.321 e. The second-order valence-corrected chi connectivity index (χ2v) is 7.29.